The van der Waals surface area contributed by atoms with Crippen molar-refractivity contribution in [3.05, 3.63) is 36.0 Å². The molecule has 19 heavy (non-hydrogen) atoms. The number of ether oxygens (including phenoxy) is 1. The third-order valence-corrected chi connectivity index (χ3v) is 4.04. The Hall–Kier alpha value is -1.81. The zero-order valence-corrected chi connectivity index (χ0v) is 11.4. The maximum Gasteiger partial charge on any atom is 0.129 e. The first-order valence-electron chi connectivity index (χ1n) is 6.54. The lowest BCUT2D eigenvalue weighted by atomic mass is 9.94. The number of nitrogens with zero attached hydrogens (tertiary/aromatic N) is 2. The van der Waals surface area contributed by atoms with Gasteiger partial charge in [0.25, 0.3) is 0 Å². The molecule has 1 fully saturated rings. The molecule has 0 radical (unpaired) electrons. The second-order valence-electron chi connectivity index (χ2n) is 5.36. The number of aromatic nitrogens is 2. The number of hydrogen-bond donors (Lipinski definition) is 1. The minimum atomic E-state index is 0.224. The van der Waals surface area contributed by atoms with E-state index in [-0.39, 0.29) is 5.41 Å². The molecule has 1 aliphatic carbocycles. The van der Waals surface area contributed by atoms with Crippen LogP contribution in [0.2, 0.25) is 0 Å². The minimum absolute atomic E-state index is 0.224. The van der Waals surface area contributed by atoms with Crippen LogP contribution < -0.4 is 5.73 Å². The third-order valence-electron chi connectivity index (χ3n) is 4.04. The summed E-state index contributed by atoms with van der Waals surface area (Å²) in [6.07, 6.45) is 4.23. The number of anilines is 1. The van der Waals surface area contributed by atoms with E-state index in [1.807, 2.05) is 13.2 Å². The molecule has 1 aliphatic rings. The van der Waals surface area contributed by atoms with Crippen LogP contribution in [-0.4, -0.2) is 23.5 Å². The fourth-order valence-electron chi connectivity index (χ4n) is 2.63. The van der Waals surface area contributed by atoms with Gasteiger partial charge in [0, 0.05) is 25.1 Å². The molecule has 4 heteroatoms. The van der Waals surface area contributed by atoms with Crippen molar-refractivity contribution in [3.63, 3.8) is 0 Å². The third kappa shape index (κ3) is 2.02. The molecule has 3 rings (SSSR count). The highest BCUT2D eigenvalue weighted by Gasteiger charge is 2.44. The second-order valence-corrected chi connectivity index (χ2v) is 5.36. The lowest BCUT2D eigenvalue weighted by Crippen LogP contribution is -2.13. The summed E-state index contributed by atoms with van der Waals surface area (Å²) in [4.78, 5) is 0. The van der Waals surface area contributed by atoms with Crippen LogP contribution in [0.25, 0.3) is 11.1 Å². The van der Waals surface area contributed by atoms with Gasteiger partial charge in [-0.3, -0.25) is 4.68 Å². The molecule has 1 aromatic heterocycles. The molecule has 0 atom stereocenters. The van der Waals surface area contributed by atoms with E-state index in [0.717, 1.165) is 17.7 Å². The summed E-state index contributed by atoms with van der Waals surface area (Å²) >= 11 is 0. The predicted molar refractivity (Wildman–Crippen MR) is 75.8 cm³/mol. The van der Waals surface area contributed by atoms with Crippen molar-refractivity contribution in [3.8, 4) is 11.1 Å². The van der Waals surface area contributed by atoms with E-state index >= 15 is 0 Å². The number of nitrogen functional groups attached to an aromatic ring is 1. The molecule has 0 unspecified atom stereocenters. The van der Waals surface area contributed by atoms with Gasteiger partial charge in [0.2, 0.25) is 0 Å². The Labute approximate surface area is 113 Å². The smallest absolute Gasteiger partial charge is 0.129 e. The molecular formula is C15H19N3O. The zero-order chi connectivity index (χ0) is 13.5. The SMILES string of the molecule is COCC1(c2cccc(-c3cnn(C)c3N)c2)CC1. The first kappa shape index (κ1) is 12.2. The number of hydrogen-bond acceptors (Lipinski definition) is 3. The van der Waals surface area contributed by atoms with Crippen molar-refractivity contribution in [2.45, 2.75) is 18.3 Å². The van der Waals surface area contributed by atoms with E-state index in [4.69, 9.17) is 10.5 Å². The summed E-state index contributed by atoms with van der Waals surface area (Å²) in [5.41, 5.74) is 9.74. The first-order valence-corrected chi connectivity index (χ1v) is 6.54. The Morgan fingerprint density at radius 2 is 2.21 bits per heavy atom. The van der Waals surface area contributed by atoms with Crippen LogP contribution in [0.1, 0.15) is 18.4 Å². The van der Waals surface area contributed by atoms with E-state index in [0.29, 0.717) is 5.82 Å². The van der Waals surface area contributed by atoms with Gasteiger partial charge >= 0.3 is 0 Å². The largest absolute Gasteiger partial charge is 0.384 e. The van der Waals surface area contributed by atoms with E-state index in [2.05, 4.69) is 29.4 Å². The summed E-state index contributed by atoms with van der Waals surface area (Å²) in [5.74, 6) is 0.703. The highest BCUT2D eigenvalue weighted by atomic mass is 16.5. The van der Waals surface area contributed by atoms with Gasteiger partial charge in [-0.15, -0.1) is 0 Å². The fraction of sp³-hybridized carbons (Fsp3) is 0.400. The number of methoxy groups -OCH3 is 1. The van der Waals surface area contributed by atoms with E-state index in [1.54, 1.807) is 11.8 Å². The Morgan fingerprint density at radius 3 is 2.79 bits per heavy atom. The Bertz CT molecular complexity index is 599. The monoisotopic (exact) mass is 257 g/mol. The van der Waals surface area contributed by atoms with Gasteiger partial charge in [-0.2, -0.15) is 5.10 Å². The zero-order valence-electron chi connectivity index (χ0n) is 11.4. The van der Waals surface area contributed by atoms with Crippen LogP contribution in [0.3, 0.4) is 0 Å². The van der Waals surface area contributed by atoms with Crippen LogP contribution in [0.4, 0.5) is 5.82 Å². The van der Waals surface area contributed by atoms with Gasteiger partial charge in [0.15, 0.2) is 0 Å². The summed E-state index contributed by atoms with van der Waals surface area (Å²) < 4.78 is 7.05. The van der Waals surface area contributed by atoms with Crippen LogP contribution in [0, 0.1) is 0 Å². The number of nitrogens with two attached hydrogens (primary N) is 1. The molecule has 0 bridgehead atoms. The molecule has 1 saturated carbocycles. The van der Waals surface area contributed by atoms with Crippen molar-refractivity contribution < 1.29 is 4.74 Å². The molecule has 2 aromatic rings. The van der Waals surface area contributed by atoms with Gasteiger partial charge < -0.3 is 10.5 Å². The maximum absolute atomic E-state index is 6.04. The van der Waals surface area contributed by atoms with Gasteiger partial charge in [0.1, 0.15) is 5.82 Å². The predicted octanol–water partition coefficient (Wildman–Crippen LogP) is 2.35. The normalized spacial score (nSPS) is 16.5. The highest BCUT2D eigenvalue weighted by molar-refractivity contribution is 5.74. The quantitative estimate of drug-likeness (QED) is 0.914. The molecule has 100 valence electrons. The maximum atomic E-state index is 6.04. The van der Waals surface area contributed by atoms with Crippen LogP contribution in [-0.2, 0) is 17.2 Å². The Balaban J connectivity index is 1.99. The van der Waals surface area contributed by atoms with Crippen molar-refractivity contribution in [1.82, 2.24) is 9.78 Å². The van der Waals surface area contributed by atoms with Crippen molar-refractivity contribution in [2.75, 3.05) is 19.5 Å². The van der Waals surface area contributed by atoms with Crippen LogP contribution in [0.5, 0.6) is 0 Å². The topological polar surface area (TPSA) is 53.1 Å². The molecule has 0 aliphatic heterocycles. The lowest BCUT2D eigenvalue weighted by molar-refractivity contribution is 0.171. The van der Waals surface area contributed by atoms with Crippen LogP contribution in [0.15, 0.2) is 30.5 Å². The molecule has 0 amide bonds. The lowest BCUT2D eigenvalue weighted by Gasteiger charge is -2.15. The minimum Gasteiger partial charge on any atom is -0.384 e. The van der Waals surface area contributed by atoms with Gasteiger partial charge in [0.05, 0.1) is 12.8 Å². The second kappa shape index (κ2) is 4.38. The summed E-state index contributed by atoms with van der Waals surface area (Å²) in [6, 6.07) is 8.58. The highest BCUT2D eigenvalue weighted by Crippen LogP contribution is 2.49. The molecule has 0 saturated heterocycles. The van der Waals surface area contributed by atoms with Crippen molar-refractivity contribution in [2.24, 2.45) is 7.05 Å². The van der Waals surface area contributed by atoms with E-state index in [9.17, 15) is 0 Å². The average Bonchev–Trinajstić information content (AvgIpc) is 3.13. The standard InChI is InChI=1S/C15H19N3O/c1-18-14(16)13(9-17-18)11-4-3-5-12(8-11)15(6-7-15)10-19-2/h3-5,8-9H,6-7,10,16H2,1-2H3. The van der Waals surface area contributed by atoms with Crippen LogP contribution >= 0.6 is 0 Å². The molecule has 2 N–H and O–H groups in total. The molecule has 1 heterocycles. The van der Waals surface area contributed by atoms with E-state index < -0.39 is 0 Å². The fourth-order valence-corrected chi connectivity index (χ4v) is 2.63. The average molecular weight is 257 g/mol. The summed E-state index contributed by atoms with van der Waals surface area (Å²) in [6.45, 7) is 0.791. The van der Waals surface area contributed by atoms with Gasteiger partial charge in [-0.25, -0.2) is 0 Å². The van der Waals surface area contributed by atoms with Crippen molar-refractivity contribution in [1.29, 1.82) is 0 Å². The van der Waals surface area contributed by atoms with Gasteiger partial charge in [-0.05, 0) is 24.0 Å². The molecule has 0 spiro atoms. The molecule has 1 aromatic carbocycles. The number of aryl methyl sites for hydroxylation is 1. The Morgan fingerprint density at radius 1 is 1.42 bits per heavy atom. The summed E-state index contributed by atoms with van der Waals surface area (Å²) in [7, 11) is 3.62. The number of rotatable bonds is 4. The number of benzene rings is 1. The Kier molecular flexibility index (Phi) is 2.82. The van der Waals surface area contributed by atoms with E-state index in [1.165, 1.54) is 18.4 Å². The first-order chi connectivity index (χ1) is 9.16. The molecule has 4 nitrogen and oxygen atoms in total. The van der Waals surface area contributed by atoms with Crippen molar-refractivity contribution >= 4 is 5.82 Å². The molecular weight excluding hydrogens is 238 g/mol. The van der Waals surface area contributed by atoms with Gasteiger partial charge in [-0.1, -0.05) is 24.3 Å². The summed E-state index contributed by atoms with van der Waals surface area (Å²) in [5, 5.41) is 4.20.